The van der Waals surface area contributed by atoms with Crippen molar-refractivity contribution in [1.82, 2.24) is 14.5 Å². The number of carboxylic acids is 2. The molecule has 4 aliphatic rings. The van der Waals surface area contributed by atoms with E-state index in [0.717, 1.165) is 11.3 Å². The highest BCUT2D eigenvalue weighted by molar-refractivity contribution is 7.88. The number of carbonyl (C=O) groups excluding carboxylic acids is 3. The molecule has 4 amide bonds. The van der Waals surface area contributed by atoms with E-state index in [2.05, 4.69) is 22.5 Å². The Balaban J connectivity index is 0.858. The Labute approximate surface area is 401 Å². The lowest BCUT2D eigenvalue weighted by Gasteiger charge is -2.45. The maximum Gasteiger partial charge on any atom is 0.349 e. The Bertz CT molecular complexity index is 2830. The van der Waals surface area contributed by atoms with Crippen LogP contribution in [0.1, 0.15) is 79.1 Å². The number of rotatable bonds is 13. The summed E-state index contributed by atoms with van der Waals surface area (Å²) in [4.78, 5) is 66.2. The number of fused-ring (bicyclic) bond motifs is 1. The van der Waals surface area contributed by atoms with Gasteiger partial charge in [0.25, 0.3) is 0 Å². The molecule has 0 aliphatic carbocycles. The summed E-state index contributed by atoms with van der Waals surface area (Å²) in [6.45, 7) is 8.06. The Morgan fingerprint density at radius 2 is 1.72 bits per heavy atom. The monoisotopic (exact) mass is 991 g/mol. The average molecular weight is 993 g/mol. The Kier molecular flexibility index (Phi) is 13.5. The third kappa shape index (κ3) is 9.72. The zero-order chi connectivity index (χ0) is 48.8. The molecular formula is C47H51ClFN7O10S2. The fraction of sp³-hybridized carbons (Fsp3) is 0.383. The maximum absolute atomic E-state index is 16.3. The summed E-state index contributed by atoms with van der Waals surface area (Å²) in [6.07, 6.45) is 2.43. The zero-order valence-corrected chi connectivity index (χ0v) is 39.9. The molecule has 5 N–H and O–H groups in total. The van der Waals surface area contributed by atoms with Gasteiger partial charge in [0.05, 0.1) is 16.3 Å². The number of hydrogen-bond acceptors (Lipinski definition) is 12. The van der Waals surface area contributed by atoms with Crippen LogP contribution < -0.4 is 30.5 Å². The molecule has 1 aromatic heterocycles. The number of hydrogen-bond donors (Lipinski definition) is 5. The van der Waals surface area contributed by atoms with Gasteiger partial charge >= 0.3 is 18.0 Å². The van der Waals surface area contributed by atoms with E-state index in [9.17, 15) is 37.5 Å². The van der Waals surface area contributed by atoms with E-state index in [0.29, 0.717) is 88.9 Å². The number of anilines is 4. The molecule has 3 saturated heterocycles. The summed E-state index contributed by atoms with van der Waals surface area (Å²) in [5, 5.41) is 27.5. The number of amides is 4. The quantitative estimate of drug-likeness (QED) is 0.0821. The highest BCUT2D eigenvalue weighted by atomic mass is 35.5. The lowest BCUT2D eigenvalue weighted by Crippen LogP contribution is -2.55. The summed E-state index contributed by atoms with van der Waals surface area (Å²) < 4.78 is 51.2. The molecule has 2 atom stereocenters. The summed E-state index contributed by atoms with van der Waals surface area (Å²) >= 11 is 7.39. The largest absolute Gasteiger partial charge is 0.479 e. The van der Waals surface area contributed by atoms with Gasteiger partial charge in [0.1, 0.15) is 22.6 Å². The van der Waals surface area contributed by atoms with E-state index in [4.69, 9.17) is 21.4 Å². The van der Waals surface area contributed by atoms with Crippen LogP contribution in [0.15, 0.2) is 73.1 Å². The fourth-order valence-corrected chi connectivity index (χ4v) is 13.1. The van der Waals surface area contributed by atoms with Gasteiger partial charge in [-0.25, -0.2) is 27.2 Å². The second-order valence-electron chi connectivity index (χ2n) is 18.0. The minimum Gasteiger partial charge on any atom is -0.479 e. The normalized spacial score (nSPS) is 20.0. The lowest BCUT2D eigenvalue weighted by molar-refractivity contribution is -0.139. The van der Waals surface area contributed by atoms with Crippen molar-refractivity contribution in [2.24, 2.45) is 0 Å². The molecule has 3 aromatic carbocycles. The Hall–Kier alpha value is -6.22. The van der Waals surface area contributed by atoms with E-state index < -0.39 is 51.9 Å². The molecule has 68 heavy (non-hydrogen) atoms. The summed E-state index contributed by atoms with van der Waals surface area (Å²) in [5.41, 5.74) is 2.78. The molecular weight excluding hydrogens is 941 g/mol. The SMILES string of the molecule is C=C1N(C)c2c(ccc(C3CCN(C(=O)Nc4cccc(CS(=O)(=O)N5CC[C@H](Nc6cccc(-c7sc(C(=O)O)c(OCC(=O)O)c7Cl)c6)CC5(C)C)c4)CC3)c2F)N1C1CCC(=O)NC1=O. The molecule has 5 heterocycles. The van der Waals surface area contributed by atoms with Gasteiger partial charge in [-0.2, -0.15) is 4.31 Å². The number of imide groups is 1. The molecule has 8 rings (SSSR count). The van der Waals surface area contributed by atoms with Gasteiger partial charge in [-0.15, -0.1) is 11.3 Å². The Morgan fingerprint density at radius 1 is 1.00 bits per heavy atom. The first-order chi connectivity index (χ1) is 32.2. The molecule has 0 saturated carbocycles. The molecule has 4 aromatic rings. The number of nitrogens with zero attached hydrogens (tertiary/aromatic N) is 4. The second-order valence-corrected chi connectivity index (χ2v) is 21.3. The van der Waals surface area contributed by atoms with Gasteiger partial charge in [-0.1, -0.05) is 48.5 Å². The summed E-state index contributed by atoms with van der Waals surface area (Å²) in [7, 11) is -2.14. The number of benzene rings is 3. The predicted octanol–water partition coefficient (Wildman–Crippen LogP) is 7.50. The van der Waals surface area contributed by atoms with Crippen molar-refractivity contribution in [3.05, 3.63) is 99.9 Å². The van der Waals surface area contributed by atoms with E-state index >= 15 is 4.39 Å². The highest BCUT2D eigenvalue weighted by Gasteiger charge is 2.43. The topological polar surface area (TPSA) is 218 Å². The minimum atomic E-state index is -3.83. The molecule has 21 heteroatoms. The second kappa shape index (κ2) is 19.0. The van der Waals surface area contributed by atoms with Crippen LogP contribution >= 0.6 is 22.9 Å². The molecule has 1 unspecified atom stereocenters. The molecule has 17 nitrogen and oxygen atoms in total. The predicted molar refractivity (Wildman–Crippen MR) is 257 cm³/mol. The smallest absolute Gasteiger partial charge is 0.349 e. The van der Waals surface area contributed by atoms with Crippen molar-refractivity contribution < 1.29 is 51.7 Å². The molecule has 360 valence electrons. The van der Waals surface area contributed by atoms with Crippen LogP contribution in [-0.2, 0) is 30.2 Å². The first-order valence-corrected chi connectivity index (χ1v) is 24.8. The zero-order valence-electron chi connectivity index (χ0n) is 37.5. The number of aliphatic carboxylic acids is 1. The fourth-order valence-electron chi connectivity index (χ4n) is 9.72. The number of urea groups is 1. The molecule has 0 bridgehead atoms. The van der Waals surface area contributed by atoms with Gasteiger partial charge < -0.3 is 40.3 Å². The van der Waals surface area contributed by atoms with Crippen molar-refractivity contribution in [3.8, 4) is 16.2 Å². The van der Waals surface area contributed by atoms with Gasteiger partial charge in [-0.05, 0) is 98.9 Å². The number of carboxylic acid groups (broad SMARTS) is 2. The molecule has 4 aliphatic heterocycles. The van der Waals surface area contributed by atoms with Crippen LogP contribution in [-0.4, -0.2) is 109 Å². The average Bonchev–Trinajstić information content (AvgIpc) is 3.74. The van der Waals surface area contributed by atoms with Crippen molar-refractivity contribution in [2.45, 2.75) is 81.7 Å². The van der Waals surface area contributed by atoms with Crippen LogP contribution in [0.5, 0.6) is 5.75 Å². The Morgan fingerprint density at radius 3 is 2.41 bits per heavy atom. The van der Waals surface area contributed by atoms with Gasteiger partial charge in [0.15, 0.2) is 23.1 Å². The van der Waals surface area contributed by atoms with Gasteiger partial charge in [-0.3, -0.25) is 14.9 Å². The summed E-state index contributed by atoms with van der Waals surface area (Å²) in [6, 6.07) is 16.3. The van der Waals surface area contributed by atoms with Gasteiger partial charge in [0.2, 0.25) is 21.8 Å². The number of ether oxygens (including phenoxy) is 1. The van der Waals surface area contributed by atoms with Crippen LogP contribution in [0, 0.1) is 5.82 Å². The van der Waals surface area contributed by atoms with E-state index in [1.165, 1.54) is 4.31 Å². The standard InChI is InChI=1S/C47H51ClFN7O10S2/c1-26-53(4)40-34(56(26)35-13-14-36(57)52-44(35)60)12-11-33(39(40)49)28-15-18-54(19-16-28)46(63)51-30-9-5-7-27(21-30)25-68(64,65)55-20-17-32(23-47(55,2)3)50-31-10-6-8-29(22-31)42-38(48)41(66-24-37(58)59)43(67-42)45(61)62/h5-12,21-22,28,32,35,50H,1,13-20,23-25H2,2-4H3,(H,51,63)(H,58,59)(H,61,62)(H,52,57,60)/t32-,35?/m0/s1. The maximum atomic E-state index is 16.3. The van der Waals surface area contributed by atoms with Crippen LogP contribution in [0.25, 0.3) is 10.4 Å². The van der Waals surface area contributed by atoms with Crippen LogP contribution in [0.4, 0.5) is 31.9 Å². The minimum absolute atomic E-state index is 0.00833. The number of piperidine rings is 3. The molecule has 0 spiro atoms. The van der Waals surface area contributed by atoms with E-state index in [-0.39, 0.29) is 64.7 Å². The number of sulfonamides is 1. The van der Waals surface area contributed by atoms with E-state index in [1.807, 2.05) is 19.9 Å². The van der Waals surface area contributed by atoms with Gasteiger partial charge in [0, 0.05) is 56.1 Å². The first kappa shape index (κ1) is 48.2. The summed E-state index contributed by atoms with van der Waals surface area (Å²) in [5.74, 6) is -4.01. The van der Waals surface area contributed by atoms with E-state index in [1.54, 1.807) is 76.3 Å². The van der Waals surface area contributed by atoms with Crippen molar-refractivity contribution in [1.29, 1.82) is 0 Å². The molecule has 3 fully saturated rings. The lowest BCUT2D eigenvalue weighted by atomic mass is 9.88. The van der Waals surface area contributed by atoms with Crippen molar-refractivity contribution >= 4 is 85.5 Å². The first-order valence-electron chi connectivity index (χ1n) is 22.0. The van der Waals surface area contributed by atoms with Crippen LogP contribution in [0.3, 0.4) is 0 Å². The number of halogens is 2. The number of carbonyl (C=O) groups is 5. The van der Waals surface area contributed by atoms with Crippen LogP contribution in [0.2, 0.25) is 5.02 Å². The van der Waals surface area contributed by atoms with Crippen molar-refractivity contribution in [2.75, 3.05) is 53.7 Å². The number of nitrogens with one attached hydrogen (secondary N) is 3. The molecule has 0 radical (unpaired) electrons. The number of thiophene rings is 1. The third-order valence-electron chi connectivity index (χ3n) is 12.9. The van der Waals surface area contributed by atoms with Crippen molar-refractivity contribution in [3.63, 3.8) is 0 Å². The highest BCUT2D eigenvalue weighted by Crippen LogP contribution is 2.48. The number of likely N-dealkylation sites (tertiary alicyclic amines) is 1. The third-order valence-corrected chi connectivity index (χ3v) is 16.7. The number of aromatic carboxylic acids is 1.